The molecule has 1 N–H and O–H groups in total. The van der Waals surface area contributed by atoms with Crippen LogP contribution in [0.4, 0.5) is 5.00 Å². The third-order valence-corrected chi connectivity index (χ3v) is 8.26. The van der Waals surface area contributed by atoms with Crippen molar-refractivity contribution < 1.29 is 33.4 Å². The van der Waals surface area contributed by atoms with Crippen LogP contribution in [-0.4, -0.2) is 47.7 Å². The molecule has 0 aliphatic rings. The van der Waals surface area contributed by atoms with Gasteiger partial charge in [0.2, 0.25) is 0 Å². The molecule has 0 radical (unpaired) electrons. The second-order valence-electron chi connectivity index (χ2n) is 9.99. The van der Waals surface area contributed by atoms with Crippen molar-refractivity contribution in [3.63, 3.8) is 0 Å². The van der Waals surface area contributed by atoms with Crippen LogP contribution in [0.15, 0.2) is 53.3 Å². The van der Waals surface area contributed by atoms with E-state index in [4.69, 9.17) is 14.2 Å². The average molecular weight is 619 g/mol. The normalized spacial score (nSPS) is 11.6. The van der Waals surface area contributed by atoms with Gasteiger partial charge >= 0.3 is 17.9 Å². The number of nitrogens with zero attached hydrogens (tertiary/aromatic N) is 1. The monoisotopic (exact) mass is 618 g/mol. The first kappa shape index (κ1) is 32.2. The number of aromatic nitrogens is 1. The number of carbonyl (C=O) groups is 4. The van der Waals surface area contributed by atoms with Crippen LogP contribution < -0.4 is 10.9 Å². The standard InChI is InChI=1S/C33H34N2O8S/c1-7-23(28(36)34-29-24(31(38)41-8-2)19(5)27(44-29)33(40)42-9-3)43-32(39)26-25(20-16-14-18(4)15-17-20)21-12-10-11-13-22(21)30(37)35(26)6/h10-17,23H,7-9H2,1-6H3,(H,34,36). The molecule has 0 saturated heterocycles. The van der Waals surface area contributed by atoms with E-state index in [1.54, 1.807) is 52.0 Å². The molecule has 11 heteroatoms. The highest BCUT2D eigenvalue weighted by atomic mass is 32.1. The van der Waals surface area contributed by atoms with E-state index in [0.29, 0.717) is 27.5 Å². The number of ether oxygens (including phenoxy) is 3. The lowest BCUT2D eigenvalue weighted by atomic mass is 9.96. The summed E-state index contributed by atoms with van der Waals surface area (Å²) in [6.45, 7) is 8.68. The molecule has 0 spiro atoms. The van der Waals surface area contributed by atoms with Gasteiger partial charge in [-0.25, -0.2) is 14.4 Å². The van der Waals surface area contributed by atoms with Crippen LogP contribution in [0.25, 0.3) is 21.9 Å². The second-order valence-corrected chi connectivity index (χ2v) is 11.0. The molecule has 1 unspecified atom stereocenters. The predicted molar refractivity (Wildman–Crippen MR) is 168 cm³/mol. The van der Waals surface area contributed by atoms with Crippen molar-refractivity contribution >= 4 is 50.9 Å². The molecule has 0 saturated carbocycles. The Balaban J connectivity index is 1.73. The van der Waals surface area contributed by atoms with Crippen molar-refractivity contribution in [3.8, 4) is 11.1 Å². The summed E-state index contributed by atoms with van der Waals surface area (Å²) in [5.74, 6) is -2.94. The van der Waals surface area contributed by atoms with Gasteiger partial charge in [-0.1, -0.05) is 55.0 Å². The summed E-state index contributed by atoms with van der Waals surface area (Å²) in [6, 6.07) is 14.5. The first-order valence-corrected chi connectivity index (χ1v) is 15.0. The maximum absolute atomic E-state index is 13.8. The fraction of sp³-hybridized carbons (Fsp3) is 0.303. The maximum atomic E-state index is 13.8. The van der Waals surface area contributed by atoms with Crippen LogP contribution in [0.5, 0.6) is 0 Å². The number of esters is 3. The molecule has 2 aromatic heterocycles. The number of hydrogen-bond acceptors (Lipinski definition) is 9. The zero-order chi connectivity index (χ0) is 32.1. The molecular weight excluding hydrogens is 584 g/mol. The average Bonchev–Trinajstić information content (AvgIpc) is 3.33. The van der Waals surface area contributed by atoms with Gasteiger partial charge in [0.05, 0.1) is 18.8 Å². The van der Waals surface area contributed by atoms with Crippen molar-refractivity contribution in [1.82, 2.24) is 4.57 Å². The third-order valence-electron chi connectivity index (χ3n) is 7.07. The van der Waals surface area contributed by atoms with E-state index >= 15 is 0 Å². The van der Waals surface area contributed by atoms with Gasteiger partial charge in [0.25, 0.3) is 11.5 Å². The highest BCUT2D eigenvalue weighted by Crippen LogP contribution is 2.35. The van der Waals surface area contributed by atoms with Gasteiger partial charge in [0.15, 0.2) is 6.10 Å². The molecule has 230 valence electrons. The van der Waals surface area contributed by atoms with Crippen LogP contribution in [0.3, 0.4) is 0 Å². The molecule has 0 aliphatic heterocycles. The van der Waals surface area contributed by atoms with Gasteiger partial charge in [-0.2, -0.15) is 0 Å². The van der Waals surface area contributed by atoms with E-state index in [1.165, 1.54) is 11.6 Å². The predicted octanol–water partition coefficient (Wildman–Crippen LogP) is 5.81. The number of nitrogens with one attached hydrogen (secondary N) is 1. The summed E-state index contributed by atoms with van der Waals surface area (Å²) in [6.07, 6.45) is -1.21. The highest BCUT2D eigenvalue weighted by molar-refractivity contribution is 7.18. The maximum Gasteiger partial charge on any atom is 0.356 e. The van der Waals surface area contributed by atoms with Gasteiger partial charge < -0.3 is 24.1 Å². The number of pyridine rings is 1. The quantitative estimate of drug-likeness (QED) is 0.174. The Morgan fingerprint density at radius 3 is 2.09 bits per heavy atom. The Labute approximate surface area is 258 Å². The minimum atomic E-state index is -1.29. The second kappa shape index (κ2) is 13.7. The lowest BCUT2D eigenvalue weighted by molar-refractivity contribution is -0.124. The molecule has 2 heterocycles. The number of rotatable bonds is 10. The first-order valence-electron chi connectivity index (χ1n) is 14.2. The number of anilines is 1. The summed E-state index contributed by atoms with van der Waals surface area (Å²) in [7, 11) is 1.49. The van der Waals surface area contributed by atoms with E-state index in [1.807, 2.05) is 31.2 Å². The molecule has 1 atom stereocenters. The zero-order valence-electron chi connectivity index (χ0n) is 25.4. The fourth-order valence-electron chi connectivity index (χ4n) is 4.86. The minimum absolute atomic E-state index is 0.00687. The summed E-state index contributed by atoms with van der Waals surface area (Å²) >= 11 is 0.873. The van der Waals surface area contributed by atoms with Crippen LogP contribution in [-0.2, 0) is 26.1 Å². The summed E-state index contributed by atoms with van der Waals surface area (Å²) in [5.41, 5.74) is 2.15. The van der Waals surface area contributed by atoms with Crippen LogP contribution >= 0.6 is 11.3 Å². The van der Waals surface area contributed by atoms with E-state index in [9.17, 15) is 24.0 Å². The summed E-state index contributed by atoms with van der Waals surface area (Å²) < 4.78 is 17.3. The van der Waals surface area contributed by atoms with E-state index in [2.05, 4.69) is 5.32 Å². The molecule has 4 rings (SSSR count). The smallest absolute Gasteiger partial charge is 0.356 e. The molecule has 0 fully saturated rings. The van der Waals surface area contributed by atoms with Crippen LogP contribution in [0.1, 0.15) is 68.8 Å². The minimum Gasteiger partial charge on any atom is -0.462 e. The number of aryl methyl sites for hydroxylation is 1. The Hall–Kier alpha value is -4.77. The third kappa shape index (κ3) is 6.28. The molecule has 4 aromatic rings. The molecule has 0 aliphatic carbocycles. The Morgan fingerprint density at radius 2 is 1.48 bits per heavy atom. The van der Waals surface area contributed by atoms with Gasteiger partial charge in [-0.3, -0.25) is 9.59 Å². The Kier molecular flexibility index (Phi) is 10.00. The van der Waals surface area contributed by atoms with Crippen molar-refractivity contribution in [1.29, 1.82) is 0 Å². The van der Waals surface area contributed by atoms with Crippen molar-refractivity contribution in [3.05, 3.63) is 86.1 Å². The summed E-state index contributed by atoms with van der Waals surface area (Å²) in [5, 5.41) is 3.73. The highest BCUT2D eigenvalue weighted by Gasteiger charge is 2.31. The molecule has 0 bridgehead atoms. The SMILES string of the molecule is CCOC(=O)c1sc(NC(=O)C(CC)OC(=O)c2c(-c3ccc(C)cc3)c3ccccc3c(=O)n2C)c(C(=O)OCC)c1C. The number of carbonyl (C=O) groups excluding carboxylic acids is 4. The number of fused-ring (bicyclic) bond motifs is 1. The lowest BCUT2D eigenvalue weighted by Crippen LogP contribution is -2.34. The molecular formula is C33H34N2O8S. The molecule has 44 heavy (non-hydrogen) atoms. The van der Waals surface area contributed by atoms with Gasteiger partial charge in [0.1, 0.15) is 15.6 Å². The van der Waals surface area contributed by atoms with Crippen molar-refractivity contribution in [2.24, 2.45) is 7.05 Å². The Bertz CT molecular complexity index is 1800. The van der Waals surface area contributed by atoms with E-state index < -0.39 is 29.9 Å². The largest absolute Gasteiger partial charge is 0.462 e. The number of benzene rings is 2. The fourth-order valence-corrected chi connectivity index (χ4v) is 5.95. The van der Waals surface area contributed by atoms with Crippen molar-refractivity contribution in [2.45, 2.75) is 47.1 Å². The van der Waals surface area contributed by atoms with Gasteiger partial charge in [-0.05, 0) is 56.7 Å². The van der Waals surface area contributed by atoms with Crippen LogP contribution in [0.2, 0.25) is 0 Å². The topological polar surface area (TPSA) is 130 Å². The van der Waals surface area contributed by atoms with Crippen LogP contribution in [0, 0.1) is 13.8 Å². The zero-order valence-corrected chi connectivity index (χ0v) is 26.3. The molecule has 1 amide bonds. The summed E-state index contributed by atoms with van der Waals surface area (Å²) in [4.78, 5) is 66.1. The van der Waals surface area contributed by atoms with E-state index in [-0.39, 0.29) is 46.3 Å². The number of amides is 1. The first-order chi connectivity index (χ1) is 21.0. The molecule has 10 nitrogen and oxygen atoms in total. The van der Waals surface area contributed by atoms with Crippen molar-refractivity contribution in [2.75, 3.05) is 18.5 Å². The van der Waals surface area contributed by atoms with E-state index in [0.717, 1.165) is 16.9 Å². The molecule has 2 aromatic carbocycles. The van der Waals surface area contributed by atoms with Gasteiger partial charge in [-0.15, -0.1) is 11.3 Å². The Morgan fingerprint density at radius 1 is 0.864 bits per heavy atom. The number of thiophene rings is 1. The lowest BCUT2D eigenvalue weighted by Gasteiger charge is -2.20. The van der Waals surface area contributed by atoms with Gasteiger partial charge in [0, 0.05) is 18.0 Å². The number of hydrogen-bond donors (Lipinski definition) is 1.